The third-order valence-corrected chi connectivity index (χ3v) is 4.77. The number of hydrogen-bond acceptors (Lipinski definition) is 5. The lowest BCUT2D eigenvalue weighted by atomic mass is 9.76. The Kier molecular flexibility index (Phi) is 5.75. The lowest BCUT2D eigenvalue weighted by Crippen LogP contribution is -2.53. The van der Waals surface area contributed by atoms with Gasteiger partial charge in [0.2, 0.25) is 0 Å². The maximum atomic E-state index is 12.6. The molecule has 0 unspecified atom stereocenters. The van der Waals surface area contributed by atoms with Crippen LogP contribution in [0.4, 0.5) is 4.79 Å². The second-order valence-corrected chi connectivity index (χ2v) is 9.07. The van der Waals surface area contributed by atoms with Crippen LogP contribution in [0.25, 0.3) is 10.9 Å². The molecule has 1 heterocycles. The third kappa shape index (κ3) is 4.85. The lowest BCUT2D eigenvalue weighted by molar-refractivity contribution is -0.0982. The quantitative estimate of drug-likeness (QED) is 0.776. The first kappa shape index (κ1) is 21.8. The van der Waals surface area contributed by atoms with Crippen molar-refractivity contribution in [2.45, 2.75) is 65.3 Å². The molecule has 0 saturated heterocycles. The van der Waals surface area contributed by atoms with E-state index < -0.39 is 30.0 Å². The van der Waals surface area contributed by atoms with Gasteiger partial charge in [-0.1, -0.05) is 17.7 Å². The molecule has 0 amide bonds. The predicted molar refractivity (Wildman–Crippen MR) is 108 cm³/mol. The second kappa shape index (κ2) is 7.13. The Morgan fingerprint density at radius 3 is 2.26 bits per heavy atom. The molecular formula is C19H27BClNO5. The number of carbonyl (C=O) groups excluding carboxylic acids is 1. The lowest BCUT2D eigenvalue weighted by Gasteiger charge is -2.38. The van der Waals surface area contributed by atoms with Crippen molar-refractivity contribution in [2.24, 2.45) is 0 Å². The van der Waals surface area contributed by atoms with Crippen LogP contribution in [0.15, 0.2) is 24.4 Å². The molecule has 0 bridgehead atoms. The van der Waals surface area contributed by atoms with E-state index in [1.165, 1.54) is 10.8 Å². The van der Waals surface area contributed by atoms with Gasteiger partial charge in [-0.05, 0) is 60.6 Å². The van der Waals surface area contributed by atoms with Gasteiger partial charge in [-0.2, -0.15) is 0 Å². The summed E-state index contributed by atoms with van der Waals surface area (Å²) >= 11 is 6.09. The van der Waals surface area contributed by atoms with Gasteiger partial charge >= 0.3 is 13.2 Å². The SMILES string of the molecule is CC(C)(C)OC(=O)n1cc(B(O)OC(C)(C)C(C)(C)O)c2ccc(Cl)cc21. The highest BCUT2D eigenvalue weighted by molar-refractivity contribution is 6.63. The minimum atomic E-state index is -1.36. The van der Waals surface area contributed by atoms with Crippen molar-refractivity contribution < 1.29 is 24.3 Å². The normalized spacial score (nSPS) is 13.1. The molecule has 8 heteroatoms. The van der Waals surface area contributed by atoms with Crippen LogP contribution in [0, 0.1) is 0 Å². The highest BCUT2D eigenvalue weighted by Crippen LogP contribution is 2.27. The third-order valence-electron chi connectivity index (χ3n) is 4.53. The highest BCUT2D eigenvalue weighted by atomic mass is 35.5. The topological polar surface area (TPSA) is 80.9 Å². The Hall–Kier alpha value is -1.54. The summed E-state index contributed by atoms with van der Waals surface area (Å²) in [4.78, 5) is 12.6. The van der Waals surface area contributed by atoms with Gasteiger partial charge in [0, 0.05) is 22.1 Å². The van der Waals surface area contributed by atoms with E-state index in [2.05, 4.69) is 0 Å². The van der Waals surface area contributed by atoms with Gasteiger partial charge < -0.3 is 19.5 Å². The molecule has 6 nitrogen and oxygen atoms in total. The number of benzene rings is 1. The fourth-order valence-corrected chi connectivity index (χ4v) is 2.54. The first-order chi connectivity index (χ1) is 12.1. The first-order valence-electron chi connectivity index (χ1n) is 8.74. The summed E-state index contributed by atoms with van der Waals surface area (Å²) in [6.07, 6.45) is 0.884. The van der Waals surface area contributed by atoms with E-state index in [9.17, 15) is 14.9 Å². The van der Waals surface area contributed by atoms with Gasteiger partial charge in [0.1, 0.15) is 5.60 Å². The van der Waals surface area contributed by atoms with Crippen molar-refractivity contribution in [3.8, 4) is 0 Å². The van der Waals surface area contributed by atoms with E-state index in [-0.39, 0.29) is 0 Å². The summed E-state index contributed by atoms with van der Waals surface area (Å²) in [5.41, 5.74) is -2.04. The molecule has 27 heavy (non-hydrogen) atoms. The van der Waals surface area contributed by atoms with Crippen molar-refractivity contribution in [3.05, 3.63) is 29.4 Å². The van der Waals surface area contributed by atoms with E-state index in [4.69, 9.17) is 21.0 Å². The summed E-state index contributed by atoms with van der Waals surface area (Å²) in [7, 11) is -1.36. The van der Waals surface area contributed by atoms with E-state index in [1.807, 2.05) is 0 Å². The highest BCUT2D eigenvalue weighted by Gasteiger charge is 2.40. The molecule has 148 valence electrons. The maximum Gasteiger partial charge on any atom is 0.493 e. The Morgan fingerprint density at radius 1 is 1.15 bits per heavy atom. The van der Waals surface area contributed by atoms with Crippen LogP contribution in [0.3, 0.4) is 0 Å². The van der Waals surface area contributed by atoms with Crippen molar-refractivity contribution in [3.63, 3.8) is 0 Å². The maximum absolute atomic E-state index is 12.6. The van der Waals surface area contributed by atoms with Crippen LogP contribution in [0.2, 0.25) is 5.02 Å². The number of nitrogens with zero attached hydrogens (tertiary/aromatic N) is 1. The Balaban J connectivity index is 2.50. The number of aliphatic hydroxyl groups is 1. The zero-order valence-electron chi connectivity index (χ0n) is 16.8. The van der Waals surface area contributed by atoms with Crippen molar-refractivity contribution in [1.29, 1.82) is 0 Å². The fourth-order valence-electron chi connectivity index (χ4n) is 2.37. The first-order valence-corrected chi connectivity index (χ1v) is 9.12. The molecule has 0 spiro atoms. The Bertz CT molecular complexity index is 848. The van der Waals surface area contributed by atoms with E-state index in [0.29, 0.717) is 21.4 Å². The molecule has 0 saturated carbocycles. The van der Waals surface area contributed by atoms with Crippen molar-refractivity contribution in [1.82, 2.24) is 4.57 Å². The summed E-state index contributed by atoms with van der Waals surface area (Å²) in [5.74, 6) is 0. The van der Waals surface area contributed by atoms with Crippen LogP contribution in [0.5, 0.6) is 0 Å². The van der Waals surface area contributed by atoms with Crippen molar-refractivity contribution in [2.75, 3.05) is 0 Å². The molecule has 0 radical (unpaired) electrons. The average Bonchev–Trinajstić information content (AvgIpc) is 2.82. The summed E-state index contributed by atoms with van der Waals surface area (Å²) < 4.78 is 12.5. The van der Waals surface area contributed by atoms with Gasteiger partial charge in [-0.25, -0.2) is 4.79 Å². The monoisotopic (exact) mass is 395 g/mol. The van der Waals surface area contributed by atoms with Crippen LogP contribution >= 0.6 is 11.6 Å². The minimum Gasteiger partial charge on any atom is -0.443 e. The minimum absolute atomic E-state index is 0.379. The molecule has 1 aromatic carbocycles. The van der Waals surface area contributed by atoms with Crippen LogP contribution in [0.1, 0.15) is 48.5 Å². The largest absolute Gasteiger partial charge is 0.493 e. The van der Waals surface area contributed by atoms with Gasteiger partial charge in [-0.15, -0.1) is 0 Å². The molecule has 2 rings (SSSR count). The summed E-state index contributed by atoms with van der Waals surface area (Å²) in [5, 5.41) is 22.0. The number of hydrogen-bond donors (Lipinski definition) is 2. The zero-order valence-corrected chi connectivity index (χ0v) is 17.6. The molecule has 0 atom stereocenters. The summed E-state index contributed by atoms with van der Waals surface area (Å²) in [6.45, 7) is 11.9. The molecular weight excluding hydrogens is 368 g/mol. The Morgan fingerprint density at radius 2 is 1.74 bits per heavy atom. The number of halogens is 1. The van der Waals surface area contributed by atoms with Gasteiger partial charge in [-0.3, -0.25) is 4.57 Å². The van der Waals surface area contributed by atoms with Crippen LogP contribution in [-0.2, 0) is 9.39 Å². The molecule has 0 fully saturated rings. The standard InChI is InChI=1S/C19H27BClNO5/c1-17(2,3)26-16(23)22-11-14(13-9-8-12(21)10-15(13)22)20(25)27-19(6,7)18(4,5)24/h8-11,24-25H,1-7H3. The van der Waals surface area contributed by atoms with E-state index >= 15 is 0 Å². The van der Waals surface area contributed by atoms with Gasteiger partial charge in [0.15, 0.2) is 0 Å². The molecule has 2 N–H and O–H groups in total. The van der Waals surface area contributed by atoms with Gasteiger partial charge in [0.25, 0.3) is 0 Å². The predicted octanol–water partition coefficient (Wildman–Crippen LogP) is 3.33. The van der Waals surface area contributed by atoms with Gasteiger partial charge in [0.05, 0.1) is 16.7 Å². The summed E-state index contributed by atoms with van der Waals surface area (Å²) in [6, 6.07) is 5.00. The Labute approximate surface area is 165 Å². The van der Waals surface area contributed by atoms with E-state index in [1.54, 1.807) is 66.7 Å². The number of carbonyl (C=O) groups is 1. The smallest absolute Gasteiger partial charge is 0.443 e. The molecule has 2 aromatic rings. The zero-order chi connectivity index (χ0) is 20.8. The van der Waals surface area contributed by atoms with E-state index in [0.717, 1.165) is 0 Å². The molecule has 0 aliphatic carbocycles. The molecule has 0 aliphatic heterocycles. The number of fused-ring (bicyclic) bond motifs is 1. The number of ether oxygens (including phenoxy) is 1. The number of rotatable bonds is 4. The van der Waals surface area contributed by atoms with Crippen molar-refractivity contribution >= 4 is 41.2 Å². The molecule has 0 aliphatic rings. The fraction of sp³-hybridized carbons (Fsp3) is 0.526. The van der Waals surface area contributed by atoms with Crippen LogP contribution < -0.4 is 5.46 Å². The van der Waals surface area contributed by atoms with Crippen LogP contribution in [-0.4, -0.2) is 44.7 Å². The molecule has 1 aromatic heterocycles. The average molecular weight is 396 g/mol. The number of aromatic nitrogens is 1. The second-order valence-electron chi connectivity index (χ2n) is 8.64.